The van der Waals surface area contributed by atoms with Crippen LogP contribution in [0.2, 0.25) is 0 Å². The van der Waals surface area contributed by atoms with Crippen LogP contribution in [0, 0.1) is 0 Å². The predicted octanol–water partition coefficient (Wildman–Crippen LogP) is 0.294. The van der Waals surface area contributed by atoms with E-state index in [0.717, 1.165) is 10.8 Å². The Kier molecular flexibility index (Phi) is 7.47. The molecule has 0 fully saturated rings. The summed E-state index contributed by atoms with van der Waals surface area (Å²) in [6.07, 6.45) is 0.753. The van der Waals surface area contributed by atoms with Crippen LogP contribution in [-0.2, 0) is 19.6 Å². The Hall–Kier alpha value is 0.110. The molecule has 0 heterocycles. The molecule has 0 bridgehead atoms. The highest BCUT2D eigenvalue weighted by molar-refractivity contribution is 14.1. The first-order chi connectivity index (χ1) is 6.52. The summed E-state index contributed by atoms with van der Waals surface area (Å²) >= 11 is 2.15. The topological polar surface area (TPSA) is 72.5 Å². The number of alkyl halides is 1. The molecule has 0 saturated carbocycles. The normalized spacial score (nSPS) is 11.3. The molecule has 0 aromatic carbocycles. The molecular weight excluding hydrogens is 321 g/mol. The predicted molar refractivity (Wildman–Crippen MR) is 61.9 cm³/mol. The molecule has 0 atom stereocenters. The van der Waals surface area contributed by atoms with E-state index in [1.54, 1.807) is 6.92 Å². The summed E-state index contributed by atoms with van der Waals surface area (Å²) in [5, 5.41) is 0. The zero-order chi connectivity index (χ0) is 11.0. The van der Waals surface area contributed by atoms with Gasteiger partial charge in [0.05, 0.1) is 6.61 Å². The van der Waals surface area contributed by atoms with Crippen molar-refractivity contribution in [3.05, 3.63) is 0 Å². The molecule has 0 aromatic rings. The zero-order valence-corrected chi connectivity index (χ0v) is 10.9. The minimum absolute atomic E-state index is 0.197. The van der Waals surface area contributed by atoms with Gasteiger partial charge in [-0.1, -0.05) is 22.6 Å². The van der Waals surface area contributed by atoms with Crippen LogP contribution in [0.1, 0.15) is 13.3 Å². The first kappa shape index (κ1) is 14.1. The van der Waals surface area contributed by atoms with Gasteiger partial charge in [0, 0.05) is 11.0 Å². The van der Waals surface area contributed by atoms with E-state index in [-0.39, 0.29) is 6.61 Å². The summed E-state index contributed by atoms with van der Waals surface area (Å²) in [6, 6.07) is 0. The fraction of sp³-hybridized carbons (Fsp3) is 0.857. The Labute approximate surface area is 97.8 Å². The summed E-state index contributed by atoms with van der Waals surface area (Å²) in [5.41, 5.74) is 0. The Balaban J connectivity index is 3.89. The van der Waals surface area contributed by atoms with Gasteiger partial charge >= 0.3 is 5.97 Å². The van der Waals surface area contributed by atoms with E-state index in [1.165, 1.54) is 0 Å². The van der Waals surface area contributed by atoms with Crippen LogP contribution in [0.15, 0.2) is 0 Å². The molecule has 0 aliphatic carbocycles. The Morgan fingerprint density at radius 2 is 2.14 bits per heavy atom. The third-order valence-electron chi connectivity index (χ3n) is 1.25. The number of hydrogen-bond acceptors (Lipinski definition) is 4. The Morgan fingerprint density at radius 3 is 2.64 bits per heavy atom. The van der Waals surface area contributed by atoms with Crippen LogP contribution in [0.3, 0.4) is 0 Å². The highest BCUT2D eigenvalue weighted by atomic mass is 127. The van der Waals surface area contributed by atoms with Crippen LogP contribution in [0.25, 0.3) is 0 Å². The number of ether oxygens (including phenoxy) is 1. The van der Waals surface area contributed by atoms with Gasteiger partial charge in [0.15, 0.2) is 5.75 Å². The lowest BCUT2D eigenvalue weighted by Crippen LogP contribution is -2.31. The van der Waals surface area contributed by atoms with Crippen LogP contribution < -0.4 is 4.72 Å². The summed E-state index contributed by atoms with van der Waals surface area (Å²) in [5.74, 6) is -1.31. The maximum atomic E-state index is 11.2. The molecule has 1 N–H and O–H groups in total. The van der Waals surface area contributed by atoms with Gasteiger partial charge in [-0.3, -0.25) is 4.79 Å². The molecule has 5 nitrogen and oxygen atoms in total. The number of rotatable bonds is 7. The summed E-state index contributed by atoms with van der Waals surface area (Å²) in [7, 11) is -3.50. The SMILES string of the molecule is CCOC(=O)CS(=O)(=O)NCCCI. The summed E-state index contributed by atoms with van der Waals surface area (Å²) in [6.45, 7) is 2.20. The highest BCUT2D eigenvalue weighted by Crippen LogP contribution is 1.91. The second-order valence-electron chi connectivity index (χ2n) is 2.50. The molecular formula is C7H14INO4S. The maximum Gasteiger partial charge on any atom is 0.322 e. The highest BCUT2D eigenvalue weighted by Gasteiger charge is 2.16. The fourth-order valence-corrected chi connectivity index (χ4v) is 2.04. The lowest BCUT2D eigenvalue weighted by atomic mass is 10.5. The van der Waals surface area contributed by atoms with Crippen LogP contribution in [0.4, 0.5) is 0 Å². The molecule has 0 amide bonds. The Bertz CT molecular complexity index is 265. The minimum Gasteiger partial charge on any atom is -0.465 e. The molecule has 0 saturated heterocycles. The third-order valence-corrected chi connectivity index (χ3v) is 3.27. The average molecular weight is 335 g/mol. The fourth-order valence-electron chi connectivity index (χ4n) is 0.703. The second-order valence-corrected chi connectivity index (χ2v) is 5.39. The van der Waals surface area contributed by atoms with E-state index < -0.39 is 21.7 Å². The van der Waals surface area contributed by atoms with Gasteiger partial charge in [0.25, 0.3) is 0 Å². The first-order valence-electron chi connectivity index (χ1n) is 4.20. The van der Waals surface area contributed by atoms with Crippen LogP contribution in [0.5, 0.6) is 0 Å². The molecule has 84 valence electrons. The molecule has 0 radical (unpaired) electrons. The van der Waals surface area contributed by atoms with Gasteiger partial charge in [-0.2, -0.15) is 0 Å². The number of carbonyl (C=O) groups excluding carboxylic acids is 1. The first-order valence-corrected chi connectivity index (χ1v) is 7.38. The second kappa shape index (κ2) is 7.41. The van der Waals surface area contributed by atoms with Crippen molar-refractivity contribution in [2.24, 2.45) is 0 Å². The molecule has 0 aliphatic rings. The van der Waals surface area contributed by atoms with E-state index in [2.05, 4.69) is 32.0 Å². The van der Waals surface area contributed by atoms with Gasteiger partial charge in [-0.25, -0.2) is 13.1 Å². The lowest BCUT2D eigenvalue weighted by molar-refractivity contribution is -0.139. The van der Waals surface area contributed by atoms with Crippen LogP contribution in [-0.4, -0.2) is 37.7 Å². The molecule has 0 rings (SSSR count). The van der Waals surface area contributed by atoms with Gasteiger partial charge in [0.2, 0.25) is 10.0 Å². The van der Waals surface area contributed by atoms with Gasteiger partial charge in [0.1, 0.15) is 0 Å². The molecule has 0 unspecified atom stereocenters. The van der Waals surface area contributed by atoms with Crippen molar-refractivity contribution < 1.29 is 17.9 Å². The third kappa shape index (κ3) is 7.51. The Morgan fingerprint density at radius 1 is 1.50 bits per heavy atom. The van der Waals surface area contributed by atoms with Crippen molar-refractivity contribution in [1.82, 2.24) is 4.72 Å². The number of halogens is 1. The quantitative estimate of drug-likeness (QED) is 0.314. The van der Waals surface area contributed by atoms with Crippen molar-refractivity contribution >= 4 is 38.6 Å². The standard InChI is InChI=1S/C7H14INO4S/c1-2-13-7(10)6-14(11,12)9-5-3-4-8/h9H,2-6H2,1H3. The molecule has 0 spiro atoms. The van der Waals surface area contributed by atoms with E-state index in [1.807, 2.05) is 0 Å². The van der Waals surface area contributed by atoms with Gasteiger partial charge < -0.3 is 4.74 Å². The summed E-state index contributed by atoms with van der Waals surface area (Å²) < 4.78 is 30.1. The van der Waals surface area contributed by atoms with Crippen molar-refractivity contribution in [3.8, 4) is 0 Å². The number of esters is 1. The number of hydrogen-bond donors (Lipinski definition) is 1. The smallest absolute Gasteiger partial charge is 0.322 e. The van der Waals surface area contributed by atoms with Crippen LogP contribution >= 0.6 is 22.6 Å². The number of sulfonamides is 1. The largest absolute Gasteiger partial charge is 0.465 e. The molecule has 0 aromatic heterocycles. The van der Waals surface area contributed by atoms with Gasteiger partial charge in [-0.15, -0.1) is 0 Å². The van der Waals surface area contributed by atoms with E-state index in [0.29, 0.717) is 6.54 Å². The maximum absolute atomic E-state index is 11.2. The minimum atomic E-state index is -3.50. The van der Waals surface area contributed by atoms with Crippen molar-refractivity contribution in [2.45, 2.75) is 13.3 Å². The molecule has 0 aliphatic heterocycles. The molecule has 7 heteroatoms. The zero-order valence-electron chi connectivity index (χ0n) is 7.95. The number of nitrogens with one attached hydrogen (secondary N) is 1. The van der Waals surface area contributed by atoms with E-state index >= 15 is 0 Å². The lowest BCUT2D eigenvalue weighted by Gasteiger charge is -2.04. The monoisotopic (exact) mass is 335 g/mol. The average Bonchev–Trinajstić information content (AvgIpc) is 2.03. The summed E-state index contributed by atoms with van der Waals surface area (Å²) in [4.78, 5) is 10.8. The van der Waals surface area contributed by atoms with Crippen molar-refractivity contribution in [2.75, 3.05) is 23.3 Å². The van der Waals surface area contributed by atoms with Crippen molar-refractivity contribution in [3.63, 3.8) is 0 Å². The van der Waals surface area contributed by atoms with Gasteiger partial charge in [-0.05, 0) is 13.3 Å². The molecule has 14 heavy (non-hydrogen) atoms. The van der Waals surface area contributed by atoms with E-state index in [9.17, 15) is 13.2 Å². The van der Waals surface area contributed by atoms with E-state index in [4.69, 9.17) is 0 Å². The number of carbonyl (C=O) groups is 1. The van der Waals surface area contributed by atoms with Crippen molar-refractivity contribution in [1.29, 1.82) is 0 Å².